The van der Waals surface area contributed by atoms with E-state index < -0.39 is 5.54 Å². The van der Waals surface area contributed by atoms with Crippen LogP contribution in [-0.2, 0) is 17.9 Å². The Labute approximate surface area is 166 Å². The van der Waals surface area contributed by atoms with Crippen LogP contribution in [0.25, 0.3) is 0 Å². The summed E-state index contributed by atoms with van der Waals surface area (Å²) in [5, 5.41) is 2.97. The van der Waals surface area contributed by atoms with Gasteiger partial charge in [0.2, 0.25) is 0 Å². The van der Waals surface area contributed by atoms with Crippen LogP contribution >= 0.6 is 0 Å². The highest BCUT2D eigenvalue weighted by atomic mass is 16.2. The number of carbonyl (C=O) groups is 2. The first kappa shape index (κ1) is 18.7. The summed E-state index contributed by atoms with van der Waals surface area (Å²) in [5.74, 6) is -0.0330. The van der Waals surface area contributed by atoms with E-state index in [2.05, 4.69) is 34.5 Å². The lowest BCUT2D eigenvalue weighted by molar-refractivity contribution is -0.131. The maximum atomic E-state index is 12.9. The molecule has 146 valence electrons. The number of amides is 3. The third-order valence-electron chi connectivity index (χ3n) is 5.84. The number of nitrogens with zero attached hydrogens (tertiary/aromatic N) is 2. The van der Waals surface area contributed by atoms with Gasteiger partial charge in [0, 0.05) is 26.2 Å². The van der Waals surface area contributed by atoms with Crippen molar-refractivity contribution >= 4 is 11.9 Å². The fourth-order valence-corrected chi connectivity index (χ4v) is 4.34. The number of benzene rings is 2. The lowest BCUT2D eigenvalue weighted by atomic mass is 9.98. The number of imide groups is 1. The van der Waals surface area contributed by atoms with Crippen LogP contribution in [0.1, 0.15) is 36.8 Å². The van der Waals surface area contributed by atoms with Crippen molar-refractivity contribution in [3.05, 3.63) is 71.8 Å². The normalized spacial score (nSPS) is 18.2. The minimum absolute atomic E-state index is 0.0330. The topological polar surface area (TPSA) is 52.7 Å². The smallest absolute Gasteiger partial charge is 0.323 e. The molecule has 1 aliphatic carbocycles. The van der Waals surface area contributed by atoms with Crippen molar-refractivity contribution in [3.63, 3.8) is 0 Å². The highest BCUT2D eigenvalue weighted by Gasteiger charge is 2.52. The van der Waals surface area contributed by atoms with Gasteiger partial charge in [-0.05, 0) is 24.0 Å². The quantitative estimate of drug-likeness (QED) is 0.751. The Kier molecular flexibility index (Phi) is 5.44. The van der Waals surface area contributed by atoms with Crippen LogP contribution in [0.2, 0.25) is 0 Å². The van der Waals surface area contributed by atoms with Gasteiger partial charge in [-0.1, -0.05) is 73.5 Å². The Morgan fingerprint density at radius 2 is 1.39 bits per heavy atom. The molecule has 1 saturated heterocycles. The number of rotatable bonds is 7. The van der Waals surface area contributed by atoms with Gasteiger partial charge in [-0.15, -0.1) is 0 Å². The molecule has 5 heteroatoms. The average Bonchev–Trinajstić information content (AvgIpc) is 3.27. The van der Waals surface area contributed by atoms with Crippen molar-refractivity contribution in [2.75, 3.05) is 13.1 Å². The largest absolute Gasteiger partial charge is 0.325 e. The van der Waals surface area contributed by atoms with Gasteiger partial charge in [0.1, 0.15) is 5.54 Å². The summed E-state index contributed by atoms with van der Waals surface area (Å²) in [7, 11) is 0. The molecule has 3 amide bonds. The predicted octanol–water partition coefficient (Wildman–Crippen LogP) is 3.55. The minimum atomic E-state index is -0.624. The first-order valence-corrected chi connectivity index (χ1v) is 10.1. The van der Waals surface area contributed by atoms with E-state index in [4.69, 9.17) is 0 Å². The molecule has 0 unspecified atom stereocenters. The second-order valence-electron chi connectivity index (χ2n) is 7.86. The van der Waals surface area contributed by atoms with Gasteiger partial charge in [0.25, 0.3) is 5.91 Å². The van der Waals surface area contributed by atoms with E-state index >= 15 is 0 Å². The Morgan fingerprint density at radius 1 is 0.857 bits per heavy atom. The summed E-state index contributed by atoms with van der Waals surface area (Å²) >= 11 is 0. The Hall–Kier alpha value is -2.66. The lowest BCUT2D eigenvalue weighted by Gasteiger charge is -2.25. The van der Waals surface area contributed by atoms with Gasteiger partial charge in [-0.25, -0.2) is 4.79 Å². The molecule has 0 bridgehead atoms. The molecule has 0 aromatic heterocycles. The molecule has 2 aromatic rings. The van der Waals surface area contributed by atoms with Gasteiger partial charge in [-0.3, -0.25) is 14.6 Å². The van der Waals surface area contributed by atoms with Crippen LogP contribution < -0.4 is 5.32 Å². The molecule has 28 heavy (non-hydrogen) atoms. The number of carbonyl (C=O) groups excluding carboxylic acids is 2. The highest BCUT2D eigenvalue weighted by molar-refractivity contribution is 6.07. The molecular formula is C23H27N3O2. The molecule has 1 saturated carbocycles. The van der Waals surface area contributed by atoms with Gasteiger partial charge >= 0.3 is 6.03 Å². The van der Waals surface area contributed by atoms with E-state index in [1.54, 1.807) is 0 Å². The van der Waals surface area contributed by atoms with Crippen molar-refractivity contribution in [2.24, 2.45) is 0 Å². The van der Waals surface area contributed by atoms with E-state index in [1.165, 1.54) is 16.0 Å². The van der Waals surface area contributed by atoms with Crippen molar-refractivity contribution < 1.29 is 9.59 Å². The van der Waals surface area contributed by atoms with Gasteiger partial charge in [0.05, 0.1) is 0 Å². The molecule has 1 aliphatic heterocycles. The minimum Gasteiger partial charge on any atom is -0.323 e. The lowest BCUT2D eigenvalue weighted by Crippen LogP contribution is -2.44. The predicted molar refractivity (Wildman–Crippen MR) is 108 cm³/mol. The van der Waals surface area contributed by atoms with Crippen LogP contribution in [0.15, 0.2) is 60.7 Å². The molecule has 4 rings (SSSR count). The first-order valence-electron chi connectivity index (χ1n) is 10.1. The van der Waals surface area contributed by atoms with E-state index in [0.29, 0.717) is 13.1 Å². The van der Waals surface area contributed by atoms with E-state index in [9.17, 15) is 9.59 Å². The molecule has 2 aromatic carbocycles. The summed E-state index contributed by atoms with van der Waals surface area (Å²) in [6, 6.07) is 20.4. The van der Waals surface area contributed by atoms with E-state index in [1.807, 2.05) is 36.4 Å². The maximum Gasteiger partial charge on any atom is 0.325 e. The summed E-state index contributed by atoms with van der Waals surface area (Å²) < 4.78 is 0. The molecular weight excluding hydrogens is 350 g/mol. The summed E-state index contributed by atoms with van der Waals surface area (Å²) in [4.78, 5) is 29.1. The van der Waals surface area contributed by atoms with Crippen molar-refractivity contribution in [2.45, 2.75) is 44.3 Å². The molecule has 0 atom stereocenters. The van der Waals surface area contributed by atoms with Crippen LogP contribution in [0, 0.1) is 0 Å². The third-order valence-corrected chi connectivity index (χ3v) is 5.84. The van der Waals surface area contributed by atoms with Crippen LogP contribution in [0.5, 0.6) is 0 Å². The number of nitrogens with one attached hydrogen (secondary N) is 1. The molecule has 5 nitrogen and oxygen atoms in total. The molecule has 2 fully saturated rings. The van der Waals surface area contributed by atoms with Crippen LogP contribution in [0.3, 0.4) is 0 Å². The monoisotopic (exact) mass is 377 g/mol. The molecule has 0 radical (unpaired) electrons. The second-order valence-corrected chi connectivity index (χ2v) is 7.86. The van der Waals surface area contributed by atoms with Crippen LogP contribution in [0.4, 0.5) is 4.79 Å². The Morgan fingerprint density at radius 3 is 1.93 bits per heavy atom. The molecule has 1 N–H and O–H groups in total. The first-order chi connectivity index (χ1) is 13.7. The zero-order valence-corrected chi connectivity index (χ0v) is 16.1. The fraction of sp³-hybridized carbons (Fsp3) is 0.391. The fourth-order valence-electron chi connectivity index (χ4n) is 4.34. The SMILES string of the molecule is O=C1NC2(CCCC2)C(=O)N1CCN(Cc1ccccc1)Cc1ccccc1. The number of hydrogen-bond donors (Lipinski definition) is 1. The summed E-state index contributed by atoms with van der Waals surface area (Å²) in [6.45, 7) is 2.64. The van der Waals surface area contributed by atoms with E-state index in [-0.39, 0.29) is 11.9 Å². The third kappa shape index (κ3) is 3.94. The highest BCUT2D eigenvalue weighted by Crippen LogP contribution is 2.34. The Bertz CT molecular complexity index is 775. The summed E-state index contributed by atoms with van der Waals surface area (Å²) in [6.07, 6.45) is 3.56. The number of urea groups is 1. The van der Waals surface area contributed by atoms with Crippen molar-refractivity contribution in [3.8, 4) is 0 Å². The average molecular weight is 377 g/mol. The van der Waals surface area contributed by atoms with Gasteiger partial charge in [0.15, 0.2) is 0 Å². The molecule has 1 spiro atoms. The number of hydrogen-bond acceptors (Lipinski definition) is 3. The Balaban J connectivity index is 1.44. The van der Waals surface area contributed by atoms with E-state index in [0.717, 1.165) is 38.8 Å². The zero-order valence-electron chi connectivity index (χ0n) is 16.1. The maximum absolute atomic E-state index is 12.9. The van der Waals surface area contributed by atoms with Gasteiger partial charge in [-0.2, -0.15) is 0 Å². The second kappa shape index (κ2) is 8.15. The van der Waals surface area contributed by atoms with Crippen LogP contribution in [-0.4, -0.2) is 40.4 Å². The zero-order chi connectivity index (χ0) is 19.4. The molecule has 2 aliphatic rings. The molecule has 1 heterocycles. The summed E-state index contributed by atoms with van der Waals surface area (Å²) in [5.41, 5.74) is 1.83. The van der Waals surface area contributed by atoms with Crippen molar-refractivity contribution in [1.29, 1.82) is 0 Å². The van der Waals surface area contributed by atoms with Gasteiger partial charge < -0.3 is 5.32 Å². The standard InChI is InChI=1S/C23H27N3O2/c27-21-23(13-7-8-14-23)24-22(28)26(21)16-15-25(17-19-9-3-1-4-10-19)18-20-11-5-2-6-12-20/h1-6,9-12H,7-8,13-18H2,(H,24,28). The van der Waals surface area contributed by atoms with Crippen molar-refractivity contribution in [1.82, 2.24) is 15.1 Å².